The molecule has 0 heterocycles. The van der Waals surface area contributed by atoms with E-state index in [1.807, 2.05) is 24.3 Å². The fourth-order valence-corrected chi connectivity index (χ4v) is 2.73. The summed E-state index contributed by atoms with van der Waals surface area (Å²) in [4.78, 5) is 4.67. The Bertz CT molecular complexity index is 499. The first kappa shape index (κ1) is 20.3. The molecule has 0 aromatic heterocycles. The van der Waals surface area contributed by atoms with E-state index in [2.05, 4.69) is 36.4 Å². The number of aliphatic hydroxyl groups is 1. The molecule has 1 rings (SSSR count). The van der Waals surface area contributed by atoms with E-state index in [-0.39, 0.29) is 12.0 Å². The summed E-state index contributed by atoms with van der Waals surface area (Å²) in [5, 5.41) is 16.1. The van der Waals surface area contributed by atoms with E-state index in [1.165, 1.54) is 0 Å². The predicted octanol–water partition coefficient (Wildman–Crippen LogP) is 2.94. The van der Waals surface area contributed by atoms with Gasteiger partial charge in [0.2, 0.25) is 0 Å². The molecule has 0 amide bonds. The van der Waals surface area contributed by atoms with Crippen molar-refractivity contribution in [2.45, 2.75) is 46.6 Å². The third-order valence-electron chi connectivity index (χ3n) is 4.67. The summed E-state index contributed by atoms with van der Waals surface area (Å²) >= 11 is 0. The van der Waals surface area contributed by atoms with Crippen LogP contribution in [0.25, 0.3) is 0 Å². The zero-order valence-electron chi connectivity index (χ0n) is 15.6. The molecule has 5 nitrogen and oxygen atoms in total. The monoisotopic (exact) mass is 335 g/mol. The first-order valence-electron chi connectivity index (χ1n) is 8.89. The minimum atomic E-state index is 0.112. The van der Waals surface area contributed by atoms with Gasteiger partial charge in [0, 0.05) is 19.7 Å². The zero-order chi connectivity index (χ0) is 17.8. The summed E-state index contributed by atoms with van der Waals surface area (Å²) < 4.78 is 5.25. The fourth-order valence-electron chi connectivity index (χ4n) is 2.73. The maximum Gasteiger partial charge on any atom is 0.191 e. The summed E-state index contributed by atoms with van der Waals surface area (Å²) in [5.41, 5.74) is 1.22. The SMILES string of the molecule is CCNC(=NCc1cccc(OC)c1)NCC(CC)(CC)CCO. The molecule has 5 heteroatoms. The number of nitrogens with zero attached hydrogens (tertiary/aromatic N) is 1. The van der Waals surface area contributed by atoms with Crippen LogP contribution in [-0.2, 0) is 6.54 Å². The Morgan fingerprint density at radius 3 is 2.54 bits per heavy atom. The van der Waals surface area contributed by atoms with Crippen molar-refractivity contribution in [2.24, 2.45) is 10.4 Å². The molecule has 0 bridgehead atoms. The van der Waals surface area contributed by atoms with E-state index in [4.69, 9.17) is 4.74 Å². The van der Waals surface area contributed by atoms with Gasteiger partial charge in [-0.2, -0.15) is 0 Å². The van der Waals surface area contributed by atoms with Gasteiger partial charge in [-0.15, -0.1) is 0 Å². The second kappa shape index (κ2) is 10.9. The highest BCUT2D eigenvalue weighted by Gasteiger charge is 2.25. The van der Waals surface area contributed by atoms with Crippen LogP contribution in [0.1, 0.15) is 45.6 Å². The van der Waals surface area contributed by atoms with Crippen molar-refractivity contribution < 1.29 is 9.84 Å². The number of aliphatic imine (C=N–C) groups is 1. The van der Waals surface area contributed by atoms with Crippen molar-refractivity contribution in [3.8, 4) is 5.75 Å². The van der Waals surface area contributed by atoms with Crippen LogP contribution in [0.2, 0.25) is 0 Å². The average molecular weight is 335 g/mol. The van der Waals surface area contributed by atoms with Gasteiger partial charge in [-0.3, -0.25) is 0 Å². The highest BCUT2D eigenvalue weighted by molar-refractivity contribution is 5.79. The molecule has 0 fully saturated rings. The molecule has 0 atom stereocenters. The lowest BCUT2D eigenvalue weighted by Gasteiger charge is -2.32. The Hall–Kier alpha value is -1.75. The molecule has 0 aliphatic carbocycles. The molecular weight excluding hydrogens is 302 g/mol. The van der Waals surface area contributed by atoms with Gasteiger partial charge in [-0.05, 0) is 49.3 Å². The van der Waals surface area contributed by atoms with Crippen LogP contribution in [0.3, 0.4) is 0 Å². The molecule has 1 aromatic carbocycles. The molecule has 0 spiro atoms. The second-order valence-corrected chi connectivity index (χ2v) is 6.08. The Kier molecular flexibility index (Phi) is 9.23. The van der Waals surface area contributed by atoms with Gasteiger partial charge in [0.15, 0.2) is 5.96 Å². The van der Waals surface area contributed by atoms with Crippen molar-refractivity contribution >= 4 is 5.96 Å². The highest BCUT2D eigenvalue weighted by atomic mass is 16.5. The van der Waals surface area contributed by atoms with Crippen molar-refractivity contribution in [3.05, 3.63) is 29.8 Å². The molecule has 0 saturated carbocycles. The van der Waals surface area contributed by atoms with E-state index in [9.17, 15) is 5.11 Å². The molecule has 0 aliphatic heterocycles. The van der Waals surface area contributed by atoms with Crippen molar-refractivity contribution in [1.29, 1.82) is 0 Å². The summed E-state index contributed by atoms with van der Waals surface area (Å²) in [5.74, 6) is 1.66. The van der Waals surface area contributed by atoms with Crippen LogP contribution < -0.4 is 15.4 Å². The Balaban J connectivity index is 2.74. The quantitative estimate of drug-likeness (QED) is 0.454. The van der Waals surface area contributed by atoms with Gasteiger partial charge < -0.3 is 20.5 Å². The van der Waals surface area contributed by atoms with Crippen LogP contribution in [0, 0.1) is 5.41 Å². The Labute approximate surface area is 146 Å². The number of hydrogen-bond donors (Lipinski definition) is 3. The fraction of sp³-hybridized carbons (Fsp3) is 0.632. The molecule has 0 radical (unpaired) electrons. The van der Waals surface area contributed by atoms with Gasteiger partial charge in [-0.25, -0.2) is 4.99 Å². The maximum absolute atomic E-state index is 9.35. The van der Waals surface area contributed by atoms with Crippen LogP contribution in [0.5, 0.6) is 5.75 Å². The van der Waals surface area contributed by atoms with Crippen LogP contribution in [0.15, 0.2) is 29.3 Å². The van der Waals surface area contributed by atoms with Crippen molar-refractivity contribution in [1.82, 2.24) is 10.6 Å². The third-order valence-corrected chi connectivity index (χ3v) is 4.67. The van der Waals surface area contributed by atoms with E-state index in [0.29, 0.717) is 6.54 Å². The minimum Gasteiger partial charge on any atom is -0.497 e. The number of guanidine groups is 1. The average Bonchev–Trinajstić information content (AvgIpc) is 2.63. The summed E-state index contributed by atoms with van der Waals surface area (Å²) in [6.07, 6.45) is 2.88. The largest absolute Gasteiger partial charge is 0.497 e. The smallest absolute Gasteiger partial charge is 0.191 e. The number of benzene rings is 1. The Morgan fingerprint density at radius 2 is 1.96 bits per heavy atom. The van der Waals surface area contributed by atoms with Crippen LogP contribution >= 0.6 is 0 Å². The van der Waals surface area contributed by atoms with E-state index in [0.717, 1.165) is 49.6 Å². The van der Waals surface area contributed by atoms with E-state index < -0.39 is 0 Å². The number of ether oxygens (including phenoxy) is 1. The van der Waals surface area contributed by atoms with Crippen LogP contribution in [0.4, 0.5) is 0 Å². The van der Waals surface area contributed by atoms with Gasteiger partial charge in [-0.1, -0.05) is 26.0 Å². The van der Waals surface area contributed by atoms with Crippen molar-refractivity contribution in [3.63, 3.8) is 0 Å². The second-order valence-electron chi connectivity index (χ2n) is 6.08. The lowest BCUT2D eigenvalue weighted by molar-refractivity contribution is 0.169. The normalized spacial score (nSPS) is 12.1. The molecule has 0 saturated heterocycles. The number of rotatable bonds is 10. The molecule has 24 heavy (non-hydrogen) atoms. The third kappa shape index (κ3) is 6.40. The lowest BCUT2D eigenvalue weighted by Crippen LogP contribution is -2.43. The predicted molar refractivity (Wildman–Crippen MR) is 101 cm³/mol. The molecular formula is C19H33N3O2. The number of aliphatic hydroxyl groups excluding tert-OH is 1. The summed E-state index contributed by atoms with van der Waals surface area (Å²) in [6.45, 7) is 8.87. The summed E-state index contributed by atoms with van der Waals surface area (Å²) in [6, 6.07) is 7.96. The zero-order valence-corrected chi connectivity index (χ0v) is 15.6. The highest BCUT2D eigenvalue weighted by Crippen LogP contribution is 2.29. The molecule has 0 aliphatic rings. The van der Waals surface area contributed by atoms with Gasteiger partial charge >= 0.3 is 0 Å². The van der Waals surface area contributed by atoms with Gasteiger partial charge in [0.25, 0.3) is 0 Å². The summed E-state index contributed by atoms with van der Waals surface area (Å²) in [7, 11) is 1.67. The van der Waals surface area contributed by atoms with E-state index in [1.54, 1.807) is 7.11 Å². The minimum absolute atomic E-state index is 0.112. The molecule has 0 unspecified atom stereocenters. The topological polar surface area (TPSA) is 65.9 Å². The number of nitrogens with one attached hydrogen (secondary N) is 2. The van der Waals surface area contributed by atoms with Crippen molar-refractivity contribution in [2.75, 3.05) is 26.8 Å². The van der Waals surface area contributed by atoms with Gasteiger partial charge in [0.1, 0.15) is 5.75 Å². The van der Waals surface area contributed by atoms with E-state index >= 15 is 0 Å². The Morgan fingerprint density at radius 1 is 1.21 bits per heavy atom. The first-order chi connectivity index (χ1) is 11.6. The molecule has 1 aromatic rings. The lowest BCUT2D eigenvalue weighted by atomic mass is 9.79. The van der Waals surface area contributed by atoms with Gasteiger partial charge in [0.05, 0.1) is 13.7 Å². The van der Waals surface area contributed by atoms with Crippen LogP contribution in [-0.4, -0.2) is 37.9 Å². The first-order valence-corrected chi connectivity index (χ1v) is 8.89. The maximum atomic E-state index is 9.35. The molecule has 136 valence electrons. The standard InChI is InChI=1S/C19H33N3O2/c1-5-19(6-2,11-12-23)15-22-18(20-7-3)21-14-16-9-8-10-17(13-16)24-4/h8-10,13,23H,5-7,11-12,14-15H2,1-4H3,(H2,20,21,22). The number of methoxy groups -OCH3 is 1. The number of hydrogen-bond acceptors (Lipinski definition) is 3. The molecule has 3 N–H and O–H groups in total.